The lowest BCUT2D eigenvalue weighted by molar-refractivity contribution is 1.08. The zero-order valence-electron chi connectivity index (χ0n) is 33.4. The molecular weight excluding hydrogens is 755 g/mol. The van der Waals surface area contributed by atoms with Gasteiger partial charge in [0.25, 0.3) is 0 Å². The molecule has 0 amide bonds. The number of fused-ring (bicyclic) bond motifs is 10. The first-order valence-electron chi connectivity index (χ1n) is 21.0. The fourth-order valence-electron chi connectivity index (χ4n) is 9.64. The highest BCUT2D eigenvalue weighted by molar-refractivity contribution is 6.23. The first-order chi connectivity index (χ1) is 30.7. The van der Waals surface area contributed by atoms with Crippen LogP contribution in [0, 0.1) is 0 Å². The Morgan fingerprint density at radius 3 is 1.61 bits per heavy atom. The number of hydrogen-bond donors (Lipinski definition) is 0. The summed E-state index contributed by atoms with van der Waals surface area (Å²) < 4.78 is 4.91. The van der Waals surface area contributed by atoms with E-state index in [0.29, 0.717) is 17.5 Å². The van der Waals surface area contributed by atoms with E-state index in [2.05, 4.69) is 161 Å². The standard InChI is InChI=1S/C57H35N5/c1-3-16-38(17-4-1)55-58-56(39-18-5-2-6-19-39)60-57(59-55)48-24-13-21-41-33-42(29-31-44(41)48)61-51-25-12-11-23-46(51)49-34-50-47-30-27-37-15-9-10-22-45(37)54(47)62(53(50)35-52(49)61)43-28-26-36-14-7-8-20-40(36)32-43/h1-35H. The average Bonchev–Trinajstić information content (AvgIpc) is 3.85. The average molecular weight is 790 g/mol. The molecule has 0 aliphatic heterocycles. The maximum absolute atomic E-state index is 5.09. The van der Waals surface area contributed by atoms with Crippen molar-refractivity contribution >= 4 is 75.9 Å². The molecule has 3 heterocycles. The summed E-state index contributed by atoms with van der Waals surface area (Å²) in [5, 5.41) is 12.0. The summed E-state index contributed by atoms with van der Waals surface area (Å²) in [5.41, 5.74) is 9.80. The number of benzene rings is 10. The molecule has 0 N–H and O–H groups in total. The van der Waals surface area contributed by atoms with Crippen molar-refractivity contribution < 1.29 is 0 Å². The lowest BCUT2D eigenvalue weighted by atomic mass is 10.0. The van der Waals surface area contributed by atoms with Crippen LogP contribution in [0.2, 0.25) is 0 Å². The van der Waals surface area contributed by atoms with Crippen LogP contribution >= 0.6 is 0 Å². The Morgan fingerprint density at radius 1 is 0.274 bits per heavy atom. The van der Waals surface area contributed by atoms with Gasteiger partial charge in [-0.3, -0.25) is 0 Å². The summed E-state index contributed by atoms with van der Waals surface area (Å²) in [7, 11) is 0. The van der Waals surface area contributed by atoms with Gasteiger partial charge in [-0.25, -0.2) is 15.0 Å². The summed E-state index contributed by atoms with van der Waals surface area (Å²) in [6.07, 6.45) is 0. The second-order valence-corrected chi connectivity index (χ2v) is 16.0. The zero-order chi connectivity index (χ0) is 40.7. The maximum atomic E-state index is 5.09. The minimum absolute atomic E-state index is 0.643. The number of para-hydroxylation sites is 1. The van der Waals surface area contributed by atoms with Gasteiger partial charge in [0.1, 0.15) is 0 Å². The van der Waals surface area contributed by atoms with E-state index in [4.69, 9.17) is 15.0 Å². The summed E-state index contributed by atoms with van der Waals surface area (Å²) in [5.74, 6) is 1.94. The fourth-order valence-corrected chi connectivity index (χ4v) is 9.64. The SMILES string of the molecule is c1ccc(-c2nc(-c3ccccc3)nc(-c3cccc4cc(-n5c6ccccc6c6cc7c8ccc9ccccc9c8n(-c8ccc9ccccc9c8)c7cc65)ccc34)n2)cc1. The Morgan fingerprint density at radius 2 is 0.823 bits per heavy atom. The molecule has 0 bridgehead atoms. The van der Waals surface area contributed by atoms with Crippen LogP contribution in [0.5, 0.6) is 0 Å². The Labute approximate surface area is 356 Å². The summed E-state index contributed by atoms with van der Waals surface area (Å²) in [6, 6.07) is 75.9. The Bertz CT molecular complexity index is 3860. The molecule has 5 nitrogen and oxygen atoms in total. The van der Waals surface area contributed by atoms with Gasteiger partial charge in [0.15, 0.2) is 17.5 Å². The van der Waals surface area contributed by atoms with E-state index in [0.717, 1.165) is 49.9 Å². The molecule has 0 aliphatic rings. The largest absolute Gasteiger partial charge is 0.309 e. The van der Waals surface area contributed by atoms with Crippen molar-refractivity contribution in [3.63, 3.8) is 0 Å². The quantitative estimate of drug-likeness (QED) is 0.174. The molecular formula is C57H35N5. The third-order valence-electron chi connectivity index (χ3n) is 12.5. The second-order valence-electron chi connectivity index (χ2n) is 16.0. The lowest BCUT2D eigenvalue weighted by Crippen LogP contribution is -2.00. The third kappa shape index (κ3) is 5.32. The van der Waals surface area contributed by atoms with Gasteiger partial charge in [-0.05, 0) is 69.4 Å². The van der Waals surface area contributed by atoms with Gasteiger partial charge in [-0.2, -0.15) is 0 Å². The molecule has 5 heteroatoms. The summed E-state index contributed by atoms with van der Waals surface area (Å²) >= 11 is 0. The van der Waals surface area contributed by atoms with Crippen LogP contribution in [-0.4, -0.2) is 24.1 Å². The van der Waals surface area contributed by atoms with Crippen LogP contribution in [0.1, 0.15) is 0 Å². The predicted octanol–water partition coefficient (Wildman–Crippen LogP) is 14.5. The van der Waals surface area contributed by atoms with Gasteiger partial charge in [0.05, 0.1) is 22.1 Å². The van der Waals surface area contributed by atoms with E-state index < -0.39 is 0 Å². The van der Waals surface area contributed by atoms with E-state index in [-0.39, 0.29) is 0 Å². The van der Waals surface area contributed by atoms with E-state index >= 15 is 0 Å². The molecule has 288 valence electrons. The first kappa shape index (κ1) is 34.5. The Balaban J connectivity index is 1.05. The number of aromatic nitrogens is 5. The van der Waals surface area contributed by atoms with Gasteiger partial charge in [0.2, 0.25) is 0 Å². The van der Waals surface area contributed by atoms with Gasteiger partial charge >= 0.3 is 0 Å². The minimum Gasteiger partial charge on any atom is -0.309 e. The van der Waals surface area contributed by atoms with E-state index in [1.165, 1.54) is 54.1 Å². The zero-order valence-corrected chi connectivity index (χ0v) is 33.4. The minimum atomic E-state index is 0.643. The molecule has 0 radical (unpaired) electrons. The van der Waals surface area contributed by atoms with Crippen LogP contribution in [0.3, 0.4) is 0 Å². The van der Waals surface area contributed by atoms with Gasteiger partial charge in [-0.15, -0.1) is 0 Å². The van der Waals surface area contributed by atoms with Crippen LogP contribution in [-0.2, 0) is 0 Å². The molecule has 3 aromatic heterocycles. The van der Waals surface area contributed by atoms with Crippen LogP contribution < -0.4 is 0 Å². The molecule has 0 saturated heterocycles. The predicted molar refractivity (Wildman–Crippen MR) is 257 cm³/mol. The van der Waals surface area contributed by atoms with E-state index in [1.807, 2.05) is 60.7 Å². The first-order valence-corrected chi connectivity index (χ1v) is 21.0. The van der Waals surface area contributed by atoms with Crippen molar-refractivity contribution in [2.45, 2.75) is 0 Å². The highest BCUT2D eigenvalue weighted by atomic mass is 15.0. The third-order valence-corrected chi connectivity index (χ3v) is 12.5. The molecule has 13 aromatic rings. The van der Waals surface area contributed by atoms with Crippen molar-refractivity contribution in [3.8, 4) is 45.5 Å². The molecule has 0 fully saturated rings. The smallest absolute Gasteiger partial charge is 0.164 e. The molecule has 0 aliphatic carbocycles. The number of hydrogen-bond acceptors (Lipinski definition) is 3. The van der Waals surface area contributed by atoms with Crippen molar-refractivity contribution in [1.82, 2.24) is 24.1 Å². The fraction of sp³-hybridized carbons (Fsp3) is 0. The van der Waals surface area contributed by atoms with Crippen LogP contribution in [0.15, 0.2) is 212 Å². The monoisotopic (exact) mass is 789 g/mol. The maximum Gasteiger partial charge on any atom is 0.164 e. The Kier molecular flexibility index (Phi) is 7.54. The van der Waals surface area contributed by atoms with Gasteiger partial charge in [-0.1, -0.05) is 170 Å². The normalized spacial score (nSPS) is 11.9. The van der Waals surface area contributed by atoms with E-state index in [1.54, 1.807) is 0 Å². The summed E-state index contributed by atoms with van der Waals surface area (Å²) in [6.45, 7) is 0. The molecule has 13 rings (SSSR count). The van der Waals surface area contributed by atoms with Gasteiger partial charge in [0, 0.05) is 55.0 Å². The van der Waals surface area contributed by atoms with Crippen molar-refractivity contribution in [2.24, 2.45) is 0 Å². The van der Waals surface area contributed by atoms with Crippen molar-refractivity contribution in [1.29, 1.82) is 0 Å². The summed E-state index contributed by atoms with van der Waals surface area (Å²) in [4.78, 5) is 15.1. The molecule has 0 atom stereocenters. The molecule has 0 saturated carbocycles. The highest BCUT2D eigenvalue weighted by Gasteiger charge is 2.21. The Hall–Kier alpha value is -8.41. The van der Waals surface area contributed by atoms with Crippen molar-refractivity contribution in [3.05, 3.63) is 212 Å². The molecule has 0 unspecified atom stereocenters. The molecule has 62 heavy (non-hydrogen) atoms. The van der Waals surface area contributed by atoms with Crippen LogP contribution in [0.4, 0.5) is 0 Å². The highest BCUT2D eigenvalue weighted by Crippen LogP contribution is 2.42. The number of rotatable bonds is 5. The molecule has 0 spiro atoms. The van der Waals surface area contributed by atoms with Crippen molar-refractivity contribution in [2.75, 3.05) is 0 Å². The van der Waals surface area contributed by atoms with Crippen LogP contribution in [0.25, 0.3) is 121 Å². The van der Waals surface area contributed by atoms with Gasteiger partial charge < -0.3 is 9.13 Å². The topological polar surface area (TPSA) is 48.5 Å². The van der Waals surface area contributed by atoms with E-state index in [9.17, 15) is 0 Å². The lowest BCUT2D eigenvalue weighted by Gasteiger charge is -2.13. The second kappa shape index (κ2) is 13.6. The number of nitrogens with zero attached hydrogens (tertiary/aromatic N) is 5. The molecule has 10 aromatic carbocycles.